The predicted molar refractivity (Wildman–Crippen MR) is 128 cm³/mol. The summed E-state index contributed by atoms with van der Waals surface area (Å²) in [5, 5.41) is 5.88. The summed E-state index contributed by atoms with van der Waals surface area (Å²) < 4.78 is 12.0. The van der Waals surface area contributed by atoms with E-state index in [1.165, 1.54) is 18.6 Å². The van der Waals surface area contributed by atoms with E-state index in [2.05, 4.69) is 34.4 Å². The van der Waals surface area contributed by atoms with E-state index in [0.717, 1.165) is 5.56 Å². The lowest BCUT2D eigenvalue weighted by molar-refractivity contribution is -0.123. The van der Waals surface area contributed by atoms with Crippen LogP contribution in [0.5, 0.6) is 11.5 Å². The Morgan fingerprint density at radius 1 is 0.941 bits per heavy atom. The molecule has 2 atom stereocenters. The summed E-state index contributed by atoms with van der Waals surface area (Å²) in [6, 6.07) is 16.1. The van der Waals surface area contributed by atoms with Gasteiger partial charge in [-0.05, 0) is 30.0 Å². The van der Waals surface area contributed by atoms with Gasteiger partial charge in [0.05, 0.1) is 12.1 Å². The first-order valence-corrected chi connectivity index (χ1v) is 11.3. The van der Waals surface area contributed by atoms with Crippen molar-refractivity contribution in [2.75, 3.05) is 0 Å². The molecular formula is C25H27BN4O4. The minimum atomic E-state index is -0.824. The molecule has 4 rings (SSSR count). The van der Waals surface area contributed by atoms with Gasteiger partial charge in [0.1, 0.15) is 23.2 Å². The molecule has 8 nitrogen and oxygen atoms in total. The molecule has 0 spiro atoms. The highest BCUT2D eigenvalue weighted by molar-refractivity contribution is 6.50. The summed E-state index contributed by atoms with van der Waals surface area (Å²) in [6.45, 7) is 4.14. The van der Waals surface area contributed by atoms with Crippen molar-refractivity contribution in [1.82, 2.24) is 20.6 Å². The third kappa shape index (κ3) is 5.92. The molecule has 2 N–H and O–H groups in total. The third-order valence-corrected chi connectivity index (χ3v) is 5.42. The molecule has 3 aromatic rings. The van der Waals surface area contributed by atoms with Crippen LogP contribution in [0.1, 0.15) is 36.3 Å². The van der Waals surface area contributed by atoms with Crippen LogP contribution in [-0.2, 0) is 11.2 Å². The highest BCUT2D eigenvalue weighted by Crippen LogP contribution is 2.34. The van der Waals surface area contributed by atoms with Crippen LogP contribution in [0.15, 0.2) is 73.2 Å². The van der Waals surface area contributed by atoms with Crippen LogP contribution < -0.4 is 19.9 Å². The Bertz CT molecular complexity index is 1090. The van der Waals surface area contributed by atoms with Gasteiger partial charge in [0.25, 0.3) is 5.91 Å². The number of rotatable bonds is 9. The Kier molecular flexibility index (Phi) is 7.42. The van der Waals surface area contributed by atoms with Crippen LogP contribution in [-0.4, -0.2) is 40.9 Å². The van der Waals surface area contributed by atoms with Gasteiger partial charge < -0.3 is 19.9 Å². The van der Waals surface area contributed by atoms with Crippen molar-refractivity contribution in [3.63, 3.8) is 0 Å². The Morgan fingerprint density at radius 3 is 2.24 bits per heavy atom. The molecule has 174 valence electrons. The molecule has 2 heterocycles. The number of hydrogen-bond donors (Lipinski definition) is 2. The van der Waals surface area contributed by atoms with Crippen LogP contribution >= 0.6 is 0 Å². The summed E-state index contributed by atoms with van der Waals surface area (Å²) in [5.74, 6) is 0.370. The van der Waals surface area contributed by atoms with Crippen LogP contribution in [0.25, 0.3) is 0 Å². The van der Waals surface area contributed by atoms with Crippen LogP contribution in [0.4, 0.5) is 0 Å². The molecule has 0 fully saturated rings. The lowest BCUT2D eigenvalue weighted by Crippen LogP contribution is -2.57. The number of para-hydroxylation sites is 2. The van der Waals surface area contributed by atoms with E-state index in [0.29, 0.717) is 24.3 Å². The molecule has 9 heteroatoms. The smallest absolute Gasteiger partial charge is 0.522 e. The molecule has 0 aliphatic carbocycles. The van der Waals surface area contributed by atoms with Gasteiger partial charge in [-0.15, -0.1) is 0 Å². The Balaban J connectivity index is 1.51. The van der Waals surface area contributed by atoms with Crippen molar-refractivity contribution in [2.45, 2.75) is 38.7 Å². The largest absolute Gasteiger partial charge is 0.618 e. The molecule has 34 heavy (non-hydrogen) atoms. The zero-order chi connectivity index (χ0) is 23.9. The van der Waals surface area contributed by atoms with Gasteiger partial charge in [-0.25, -0.2) is 4.98 Å². The number of hydrogen-bond acceptors (Lipinski definition) is 6. The van der Waals surface area contributed by atoms with E-state index < -0.39 is 25.0 Å². The molecule has 1 aromatic heterocycles. The quantitative estimate of drug-likeness (QED) is 0.478. The molecule has 2 unspecified atom stereocenters. The van der Waals surface area contributed by atoms with Crippen molar-refractivity contribution in [2.24, 2.45) is 5.92 Å². The topological polar surface area (TPSA) is 102 Å². The summed E-state index contributed by atoms with van der Waals surface area (Å²) >= 11 is 0. The molecule has 2 aromatic carbocycles. The summed E-state index contributed by atoms with van der Waals surface area (Å²) in [7, 11) is -0.656. The second kappa shape index (κ2) is 10.8. The molecule has 0 bridgehead atoms. The minimum Gasteiger partial charge on any atom is -0.522 e. The fourth-order valence-corrected chi connectivity index (χ4v) is 3.82. The first-order chi connectivity index (χ1) is 16.5. The molecule has 1 aliphatic heterocycles. The predicted octanol–water partition coefficient (Wildman–Crippen LogP) is 2.85. The number of benzene rings is 2. The first kappa shape index (κ1) is 23.3. The Hall–Kier alpha value is -3.88. The average Bonchev–Trinajstić information content (AvgIpc) is 3.28. The number of carbonyl (C=O) groups excluding carboxylic acids is 2. The normalized spacial score (nSPS) is 13.9. The number of amides is 2. The van der Waals surface area contributed by atoms with Gasteiger partial charge >= 0.3 is 7.12 Å². The summed E-state index contributed by atoms with van der Waals surface area (Å²) in [5.41, 5.74) is 1.06. The van der Waals surface area contributed by atoms with E-state index in [1.54, 1.807) is 0 Å². The maximum absolute atomic E-state index is 13.5. The monoisotopic (exact) mass is 458 g/mol. The van der Waals surface area contributed by atoms with Gasteiger partial charge in [0, 0.05) is 18.8 Å². The standard InChI is InChI=1S/C25H27BN4O4/c1-17(2)14-23(26-33-21-10-6-7-11-22(21)34-26)30-24(31)19(15-18-8-4-3-5-9-18)29-25(32)20-16-27-12-13-28-20/h3-13,16-17,19,23H,14-15H2,1-2H3,(H,29,32)(H,30,31). The SMILES string of the molecule is CC(C)CC(NC(=O)C(Cc1ccccc1)NC(=O)c1cnccn1)B1Oc2ccccc2O1. The summed E-state index contributed by atoms with van der Waals surface area (Å²) in [4.78, 5) is 34.2. The molecule has 0 radical (unpaired) electrons. The highest BCUT2D eigenvalue weighted by atomic mass is 16.6. The molecule has 0 saturated carbocycles. The second-order valence-electron chi connectivity index (χ2n) is 8.60. The number of aromatic nitrogens is 2. The van der Waals surface area contributed by atoms with E-state index in [9.17, 15) is 9.59 Å². The van der Waals surface area contributed by atoms with E-state index in [-0.39, 0.29) is 17.5 Å². The maximum atomic E-state index is 13.5. The van der Waals surface area contributed by atoms with Gasteiger partial charge in [0.2, 0.25) is 5.91 Å². The van der Waals surface area contributed by atoms with Crippen molar-refractivity contribution in [3.05, 3.63) is 84.4 Å². The van der Waals surface area contributed by atoms with Gasteiger partial charge in [-0.2, -0.15) is 0 Å². The Morgan fingerprint density at radius 2 is 1.62 bits per heavy atom. The molecular weight excluding hydrogens is 431 g/mol. The highest BCUT2D eigenvalue weighted by Gasteiger charge is 2.42. The van der Waals surface area contributed by atoms with Crippen LogP contribution in [0.2, 0.25) is 0 Å². The number of carbonyl (C=O) groups is 2. The fraction of sp³-hybridized carbons (Fsp3) is 0.280. The number of fused-ring (bicyclic) bond motifs is 1. The molecule has 0 saturated heterocycles. The van der Waals surface area contributed by atoms with Crippen molar-refractivity contribution >= 4 is 18.9 Å². The fourth-order valence-electron chi connectivity index (χ4n) is 3.82. The van der Waals surface area contributed by atoms with E-state index in [1.807, 2.05) is 54.6 Å². The Labute approximate surface area is 199 Å². The zero-order valence-corrected chi connectivity index (χ0v) is 19.2. The van der Waals surface area contributed by atoms with Crippen molar-refractivity contribution < 1.29 is 18.9 Å². The first-order valence-electron chi connectivity index (χ1n) is 11.3. The second-order valence-corrected chi connectivity index (χ2v) is 8.60. The number of nitrogens with zero attached hydrogens (tertiary/aromatic N) is 2. The average molecular weight is 458 g/mol. The zero-order valence-electron chi connectivity index (χ0n) is 19.2. The lowest BCUT2D eigenvalue weighted by atomic mass is 9.74. The van der Waals surface area contributed by atoms with Crippen LogP contribution in [0, 0.1) is 5.92 Å². The maximum Gasteiger partial charge on any atom is 0.618 e. The van der Waals surface area contributed by atoms with Crippen LogP contribution in [0.3, 0.4) is 0 Å². The van der Waals surface area contributed by atoms with Crippen molar-refractivity contribution in [1.29, 1.82) is 0 Å². The van der Waals surface area contributed by atoms with E-state index in [4.69, 9.17) is 9.31 Å². The van der Waals surface area contributed by atoms with Gasteiger partial charge in [0.15, 0.2) is 0 Å². The molecule has 2 amide bonds. The summed E-state index contributed by atoms with van der Waals surface area (Å²) in [6.07, 6.45) is 5.25. The van der Waals surface area contributed by atoms with Crippen molar-refractivity contribution in [3.8, 4) is 11.5 Å². The van der Waals surface area contributed by atoms with Gasteiger partial charge in [-0.3, -0.25) is 14.6 Å². The third-order valence-electron chi connectivity index (χ3n) is 5.42. The van der Waals surface area contributed by atoms with Gasteiger partial charge in [-0.1, -0.05) is 56.3 Å². The molecule has 1 aliphatic rings. The number of nitrogens with one attached hydrogen (secondary N) is 2. The lowest BCUT2D eigenvalue weighted by Gasteiger charge is -2.25. The minimum absolute atomic E-state index is 0.144. The van der Waals surface area contributed by atoms with E-state index >= 15 is 0 Å².